The lowest BCUT2D eigenvalue weighted by molar-refractivity contribution is 0.725. The highest BCUT2D eigenvalue weighted by atomic mass is 16.1. The maximum absolute atomic E-state index is 11.9. The lowest BCUT2D eigenvalue weighted by atomic mass is 10.1. The maximum Gasteiger partial charge on any atom is 0.272 e. The van der Waals surface area contributed by atoms with E-state index in [0.29, 0.717) is 11.2 Å². The summed E-state index contributed by atoms with van der Waals surface area (Å²) in [7, 11) is 0. The molecule has 1 unspecified atom stereocenters. The Balaban J connectivity index is 1.64. The number of pyridine rings is 1. The number of likely N-dealkylation sites (N-methyl/N-ethyl adjacent to an activating group) is 1. The Hall–Kier alpha value is -3.09. The van der Waals surface area contributed by atoms with Crippen molar-refractivity contribution in [2.45, 2.75) is 13.1 Å². The van der Waals surface area contributed by atoms with Gasteiger partial charge in [-0.1, -0.05) is 6.07 Å². The van der Waals surface area contributed by atoms with Gasteiger partial charge in [-0.3, -0.25) is 9.78 Å². The van der Waals surface area contributed by atoms with Gasteiger partial charge in [0.2, 0.25) is 0 Å². The number of nitrogens with one attached hydrogen (secondary N) is 3. The second-order valence-electron chi connectivity index (χ2n) is 5.71. The summed E-state index contributed by atoms with van der Waals surface area (Å²) >= 11 is 0. The summed E-state index contributed by atoms with van der Waals surface area (Å²) in [6.07, 6.45) is 3.57. The molecule has 2 aromatic heterocycles. The predicted octanol–water partition coefficient (Wildman–Crippen LogP) is 2.01. The van der Waals surface area contributed by atoms with E-state index in [2.05, 4.69) is 37.6 Å². The zero-order valence-electron chi connectivity index (χ0n) is 13.3. The normalized spacial score (nSPS) is 15.6. The molecule has 0 spiro atoms. The van der Waals surface area contributed by atoms with Crippen molar-refractivity contribution in [2.24, 2.45) is 0 Å². The smallest absolute Gasteiger partial charge is 0.272 e. The van der Waals surface area contributed by atoms with E-state index < -0.39 is 0 Å². The molecule has 3 heterocycles. The fourth-order valence-corrected chi connectivity index (χ4v) is 3.12. The molecule has 0 amide bonds. The summed E-state index contributed by atoms with van der Waals surface area (Å²) in [6.45, 7) is 3.74. The van der Waals surface area contributed by atoms with E-state index in [1.165, 1.54) is 0 Å². The average molecular weight is 322 g/mol. The number of hydrogen-bond donors (Lipinski definition) is 3. The Morgan fingerprint density at radius 1 is 1.17 bits per heavy atom. The van der Waals surface area contributed by atoms with Crippen LogP contribution in [0.4, 0.5) is 17.2 Å². The van der Waals surface area contributed by atoms with Crippen LogP contribution in [0.3, 0.4) is 0 Å². The topological polar surface area (TPSA) is 85.9 Å². The molecular weight excluding hydrogens is 304 g/mol. The molecule has 0 aliphatic carbocycles. The van der Waals surface area contributed by atoms with E-state index in [0.717, 1.165) is 29.9 Å². The lowest BCUT2D eigenvalue weighted by Crippen LogP contribution is -2.43. The zero-order valence-corrected chi connectivity index (χ0v) is 13.3. The molecule has 1 aromatic carbocycles. The molecule has 24 heavy (non-hydrogen) atoms. The van der Waals surface area contributed by atoms with E-state index >= 15 is 0 Å². The Morgan fingerprint density at radius 3 is 2.79 bits per heavy atom. The van der Waals surface area contributed by atoms with Crippen LogP contribution in [0.1, 0.15) is 6.92 Å². The summed E-state index contributed by atoms with van der Waals surface area (Å²) in [5.41, 5.74) is 1.87. The standard InChI is InChI=1S/C17H18N6O/c1-2-23(11-6-8-18-9-7-11)10-14-19-13-5-3-4-12-15(13)16(20-14)21-22-17(12)24/h3-9,14,19H,2,10H2,1H3,(H,20,21)(H,22,24). The highest BCUT2D eigenvalue weighted by Crippen LogP contribution is 2.31. The molecule has 0 fully saturated rings. The number of nitrogens with zero attached hydrogens (tertiary/aromatic N) is 3. The molecule has 4 rings (SSSR count). The molecule has 0 saturated heterocycles. The van der Waals surface area contributed by atoms with Gasteiger partial charge in [0.15, 0.2) is 5.82 Å². The minimum atomic E-state index is -0.176. The first-order chi connectivity index (χ1) is 11.8. The van der Waals surface area contributed by atoms with E-state index in [4.69, 9.17) is 0 Å². The zero-order chi connectivity index (χ0) is 16.5. The second kappa shape index (κ2) is 5.84. The highest BCUT2D eigenvalue weighted by Gasteiger charge is 2.23. The van der Waals surface area contributed by atoms with Gasteiger partial charge in [0.25, 0.3) is 5.56 Å². The van der Waals surface area contributed by atoms with Crippen LogP contribution in [0.5, 0.6) is 0 Å². The molecule has 7 nitrogen and oxygen atoms in total. The van der Waals surface area contributed by atoms with E-state index in [9.17, 15) is 4.79 Å². The molecule has 0 radical (unpaired) electrons. The summed E-state index contributed by atoms with van der Waals surface area (Å²) in [4.78, 5) is 18.3. The van der Waals surface area contributed by atoms with Crippen LogP contribution < -0.4 is 21.1 Å². The molecule has 0 saturated carbocycles. The van der Waals surface area contributed by atoms with Gasteiger partial charge in [-0.15, -0.1) is 0 Å². The van der Waals surface area contributed by atoms with Crippen molar-refractivity contribution in [3.8, 4) is 0 Å². The van der Waals surface area contributed by atoms with Gasteiger partial charge in [-0.25, -0.2) is 5.10 Å². The summed E-state index contributed by atoms with van der Waals surface area (Å²) in [5, 5.41) is 15.0. The Bertz CT molecular complexity index is 911. The van der Waals surface area contributed by atoms with Crippen molar-refractivity contribution < 1.29 is 0 Å². The van der Waals surface area contributed by atoms with Crippen LogP contribution >= 0.6 is 0 Å². The quantitative estimate of drug-likeness (QED) is 0.681. The van der Waals surface area contributed by atoms with Gasteiger partial charge in [0, 0.05) is 30.3 Å². The first-order valence-electron chi connectivity index (χ1n) is 7.95. The molecule has 1 atom stereocenters. The van der Waals surface area contributed by atoms with E-state index in [-0.39, 0.29) is 11.7 Å². The van der Waals surface area contributed by atoms with Crippen LogP contribution in [0.2, 0.25) is 0 Å². The molecule has 3 N–H and O–H groups in total. The SMILES string of the molecule is CCN(CC1Nc2cccc3c(=O)[nH]nc(c23)N1)c1ccncc1. The number of rotatable bonds is 4. The van der Waals surface area contributed by atoms with Gasteiger partial charge >= 0.3 is 0 Å². The van der Waals surface area contributed by atoms with Gasteiger partial charge in [-0.2, -0.15) is 5.10 Å². The van der Waals surface area contributed by atoms with Crippen LogP contribution in [0, 0.1) is 0 Å². The molecule has 7 heteroatoms. The minimum Gasteiger partial charge on any atom is -0.368 e. The van der Waals surface area contributed by atoms with Crippen molar-refractivity contribution >= 4 is 28.0 Å². The first kappa shape index (κ1) is 14.5. The number of hydrogen-bond acceptors (Lipinski definition) is 6. The number of benzene rings is 1. The fourth-order valence-electron chi connectivity index (χ4n) is 3.12. The maximum atomic E-state index is 11.9. The first-order valence-corrected chi connectivity index (χ1v) is 7.95. The van der Waals surface area contributed by atoms with Crippen molar-refractivity contribution in [3.63, 3.8) is 0 Å². The summed E-state index contributed by atoms with van der Waals surface area (Å²) in [6, 6.07) is 9.66. The third-order valence-corrected chi connectivity index (χ3v) is 4.27. The minimum absolute atomic E-state index is 0.0189. The number of aromatic nitrogens is 3. The van der Waals surface area contributed by atoms with E-state index in [1.807, 2.05) is 30.3 Å². The molecular formula is C17H18N6O. The molecule has 1 aliphatic rings. The predicted molar refractivity (Wildman–Crippen MR) is 95.5 cm³/mol. The summed E-state index contributed by atoms with van der Waals surface area (Å²) in [5.74, 6) is 0.703. The van der Waals surface area contributed by atoms with Crippen molar-refractivity contribution in [1.29, 1.82) is 0 Å². The average Bonchev–Trinajstić information content (AvgIpc) is 2.63. The fraction of sp³-hybridized carbons (Fsp3) is 0.235. The Morgan fingerprint density at radius 2 is 2.00 bits per heavy atom. The van der Waals surface area contributed by atoms with Gasteiger partial charge in [0.05, 0.1) is 17.3 Å². The third-order valence-electron chi connectivity index (χ3n) is 4.27. The third kappa shape index (κ3) is 2.44. The van der Waals surface area contributed by atoms with Crippen LogP contribution in [-0.2, 0) is 0 Å². The second-order valence-corrected chi connectivity index (χ2v) is 5.71. The van der Waals surface area contributed by atoms with Crippen LogP contribution in [0.25, 0.3) is 10.8 Å². The molecule has 1 aliphatic heterocycles. The molecule has 122 valence electrons. The molecule has 3 aromatic rings. The number of H-pyrrole nitrogens is 1. The van der Waals surface area contributed by atoms with Crippen molar-refractivity contribution in [2.75, 3.05) is 28.6 Å². The van der Waals surface area contributed by atoms with Gasteiger partial charge < -0.3 is 15.5 Å². The lowest BCUT2D eigenvalue weighted by Gasteiger charge is -2.33. The Labute approximate surface area is 138 Å². The highest BCUT2D eigenvalue weighted by molar-refractivity contribution is 6.02. The van der Waals surface area contributed by atoms with E-state index in [1.54, 1.807) is 12.4 Å². The van der Waals surface area contributed by atoms with Crippen molar-refractivity contribution in [3.05, 3.63) is 53.1 Å². The van der Waals surface area contributed by atoms with Gasteiger partial charge in [0.1, 0.15) is 6.17 Å². The van der Waals surface area contributed by atoms with Crippen LogP contribution in [0.15, 0.2) is 47.5 Å². The number of anilines is 3. The number of aromatic amines is 1. The summed E-state index contributed by atoms with van der Waals surface area (Å²) < 4.78 is 0. The van der Waals surface area contributed by atoms with Crippen molar-refractivity contribution in [1.82, 2.24) is 15.2 Å². The molecule has 0 bridgehead atoms. The van der Waals surface area contributed by atoms with Gasteiger partial charge in [-0.05, 0) is 31.2 Å². The monoisotopic (exact) mass is 322 g/mol. The van der Waals surface area contributed by atoms with Crippen LogP contribution in [-0.4, -0.2) is 34.4 Å². The Kier molecular flexibility index (Phi) is 3.53. The largest absolute Gasteiger partial charge is 0.368 e.